The molecule has 0 unspecified atom stereocenters. The molecule has 0 fully saturated rings. The van der Waals surface area contributed by atoms with E-state index in [0.29, 0.717) is 13.2 Å². The number of carbonyl (C=O) groups is 1. The third kappa shape index (κ3) is 7.74. The molecule has 0 bridgehead atoms. The van der Waals surface area contributed by atoms with Gasteiger partial charge in [0.25, 0.3) is 0 Å². The summed E-state index contributed by atoms with van der Waals surface area (Å²) in [6.07, 6.45) is 1.26. The van der Waals surface area contributed by atoms with Gasteiger partial charge < -0.3 is 14.7 Å². The molecule has 0 saturated heterocycles. The second kappa shape index (κ2) is 8.01. The fourth-order valence-electron chi connectivity index (χ4n) is 1.13. The van der Waals surface area contributed by atoms with E-state index >= 15 is 0 Å². The Labute approximate surface area is 79.5 Å². The zero-order chi connectivity index (χ0) is 10.1. The third-order valence-corrected chi connectivity index (χ3v) is 1.79. The first-order valence-electron chi connectivity index (χ1n) is 4.63. The van der Waals surface area contributed by atoms with E-state index in [1.165, 1.54) is 0 Å². The van der Waals surface area contributed by atoms with Gasteiger partial charge in [-0.25, -0.2) is 0 Å². The van der Waals surface area contributed by atoms with Gasteiger partial charge in [0.1, 0.15) is 0 Å². The number of ether oxygens (including phenoxy) is 1. The number of hydrogen-bond donors (Lipinski definition) is 1. The second-order valence-corrected chi connectivity index (χ2v) is 2.98. The lowest BCUT2D eigenvalue weighted by atomic mass is 10.3. The van der Waals surface area contributed by atoms with Gasteiger partial charge in [-0.15, -0.1) is 0 Å². The minimum absolute atomic E-state index is 0.212. The first kappa shape index (κ1) is 12.4. The van der Waals surface area contributed by atoms with E-state index in [2.05, 4.69) is 11.8 Å². The van der Waals surface area contributed by atoms with Crippen molar-refractivity contribution in [3.8, 4) is 0 Å². The fraction of sp³-hybridized carbons (Fsp3) is 0.889. The van der Waals surface area contributed by atoms with Crippen LogP contribution in [0, 0.1) is 0 Å². The fourth-order valence-corrected chi connectivity index (χ4v) is 1.13. The Morgan fingerprint density at radius 1 is 1.38 bits per heavy atom. The van der Waals surface area contributed by atoms with Crippen LogP contribution in [0.15, 0.2) is 0 Å². The molecule has 0 aromatic carbocycles. The Kier molecular flexibility index (Phi) is 7.63. The van der Waals surface area contributed by atoms with E-state index in [0.717, 1.165) is 19.5 Å². The molecule has 78 valence electrons. The van der Waals surface area contributed by atoms with Crippen LogP contribution in [-0.2, 0) is 9.53 Å². The first-order valence-corrected chi connectivity index (χ1v) is 4.63. The van der Waals surface area contributed by atoms with Crippen molar-refractivity contribution in [2.75, 3.05) is 33.4 Å². The molecule has 1 N–H and O–H groups in total. The highest BCUT2D eigenvalue weighted by molar-refractivity contribution is 5.66. The molecule has 0 aromatic heterocycles. The van der Waals surface area contributed by atoms with Crippen molar-refractivity contribution in [3.05, 3.63) is 0 Å². The van der Waals surface area contributed by atoms with Crippen molar-refractivity contribution in [2.45, 2.75) is 19.8 Å². The summed E-state index contributed by atoms with van der Waals surface area (Å²) in [7, 11) is 1.65. The Balaban J connectivity index is 3.59. The largest absolute Gasteiger partial charge is 0.481 e. The van der Waals surface area contributed by atoms with E-state index in [9.17, 15) is 4.79 Å². The molecular weight excluding hydrogens is 170 g/mol. The maximum atomic E-state index is 10.3. The molecule has 4 heteroatoms. The van der Waals surface area contributed by atoms with Crippen LogP contribution in [0.5, 0.6) is 0 Å². The van der Waals surface area contributed by atoms with Gasteiger partial charge in [-0.2, -0.15) is 0 Å². The van der Waals surface area contributed by atoms with Gasteiger partial charge in [0, 0.05) is 20.2 Å². The van der Waals surface area contributed by atoms with Gasteiger partial charge in [0.2, 0.25) is 0 Å². The molecule has 0 amide bonds. The molecule has 4 nitrogen and oxygen atoms in total. The topological polar surface area (TPSA) is 49.8 Å². The normalized spacial score (nSPS) is 10.7. The monoisotopic (exact) mass is 189 g/mol. The average molecular weight is 189 g/mol. The predicted octanol–water partition coefficient (Wildman–Crippen LogP) is 0.820. The molecule has 0 rings (SSSR count). The van der Waals surface area contributed by atoms with Crippen molar-refractivity contribution >= 4 is 5.97 Å². The summed E-state index contributed by atoms with van der Waals surface area (Å²) in [6.45, 7) is 5.13. The van der Waals surface area contributed by atoms with Crippen molar-refractivity contribution in [1.29, 1.82) is 0 Å². The van der Waals surface area contributed by atoms with Crippen LogP contribution in [0.3, 0.4) is 0 Å². The van der Waals surface area contributed by atoms with E-state index in [4.69, 9.17) is 9.84 Å². The summed E-state index contributed by atoms with van der Waals surface area (Å²) in [4.78, 5) is 12.4. The predicted molar refractivity (Wildman–Crippen MR) is 50.9 cm³/mol. The van der Waals surface area contributed by atoms with E-state index < -0.39 is 5.97 Å². The lowest BCUT2D eigenvalue weighted by molar-refractivity contribution is -0.137. The highest BCUT2D eigenvalue weighted by Crippen LogP contribution is 1.94. The molecule has 0 aliphatic rings. The number of carboxylic acids is 1. The molecule has 0 atom stereocenters. The van der Waals surface area contributed by atoms with Crippen molar-refractivity contribution < 1.29 is 14.6 Å². The molecule has 0 radical (unpaired) electrons. The Morgan fingerprint density at radius 3 is 2.54 bits per heavy atom. The third-order valence-electron chi connectivity index (χ3n) is 1.79. The maximum Gasteiger partial charge on any atom is 0.304 e. The summed E-state index contributed by atoms with van der Waals surface area (Å²) in [5.41, 5.74) is 0. The molecule has 0 aromatic rings. The molecule has 0 aliphatic heterocycles. The van der Waals surface area contributed by atoms with E-state index in [1.54, 1.807) is 7.11 Å². The van der Waals surface area contributed by atoms with E-state index in [1.807, 2.05) is 0 Å². The van der Waals surface area contributed by atoms with Crippen LogP contribution in [0.1, 0.15) is 19.8 Å². The first-order chi connectivity index (χ1) is 6.20. The maximum absolute atomic E-state index is 10.3. The van der Waals surface area contributed by atoms with Gasteiger partial charge in [-0.1, -0.05) is 6.92 Å². The van der Waals surface area contributed by atoms with Gasteiger partial charge in [-0.05, 0) is 13.0 Å². The Bertz CT molecular complexity index is 139. The second-order valence-electron chi connectivity index (χ2n) is 2.98. The summed E-state index contributed by atoms with van der Waals surface area (Å²) >= 11 is 0. The van der Waals surface area contributed by atoms with Crippen LogP contribution < -0.4 is 0 Å². The van der Waals surface area contributed by atoms with Gasteiger partial charge in [-0.3, -0.25) is 4.79 Å². The smallest absolute Gasteiger partial charge is 0.304 e. The number of hydrogen-bond acceptors (Lipinski definition) is 3. The number of aliphatic carboxylic acids is 1. The highest BCUT2D eigenvalue weighted by atomic mass is 16.5. The van der Waals surface area contributed by atoms with Gasteiger partial charge in [0.15, 0.2) is 0 Å². The van der Waals surface area contributed by atoms with Crippen molar-refractivity contribution in [3.63, 3.8) is 0 Å². The molecular formula is C9H19NO3. The molecule has 0 aliphatic carbocycles. The number of nitrogens with zero attached hydrogens (tertiary/aromatic N) is 1. The van der Waals surface area contributed by atoms with Crippen LogP contribution in [0.2, 0.25) is 0 Å². The summed E-state index contributed by atoms with van der Waals surface area (Å²) in [6, 6.07) is 0. The Morgan fingerprint density at radius 2 is 2.08 bits per heavy atom. The molecule has 0 heterocycles. The van der Waals surface area contributed by atoms with Crippen molar-refractivity contribution in [1.82, 2.24) is 4.90 Å². The number of methoxy groups -OCH3 is 1. The Hall–Kier alpha value is -0.610. The van der Waals surface area contributed by atoms with Crippen LogP contribution in [0.4, 0.5) is 0 Å². The minimum Gasteiger partial charge on any atom is -0.481 e. The zero-order valence-electron chi connectivity index (χ0n) is 8.45. The molecule has 0 saturated carbocycles. The zero-order valence-corrected chi connectivity index (χ0v) is 8.45. The SMILES string of the molecule is CCCN(CCOC)CCC(=O)O. The number of carboxylic acid groups (broad SMARTS) is 1. The van der Waals surface area contributed by atoms with Crippen molar-refractivity contribution in [2.24, 2.45) is 0 Å². The van der Waals surface area contributed by atoms with Crippen LogP contribution >= 0.6 is 0 Å². The lowest BCUT2D eigenvalue weighted by Crippen LogP contribution is -2.30. The lowest BCUT2D eigenvalue weighted by Gasteiger charge is -2.19. The van der Waals surface area contributed by atoms with Gasteiger partial charge >= 0.3 is 5.97 Å². The van der Waals surface area contributed by atoms with Crippen LogP contribution in [-0.4, -0.2) is 49.3 Å². The molecule has 0 spiro atoms. The highest BCUT2D eigenvalue weighted by Gasteiger charge is 2.05. The standard InChI is InChI=1S/C9H19NO3/c1-3-5-10(7-8-13-2)6-4-9(11)12/h3-8H2,1-2H3,(H,11,12). The minimum atomic E-state index is -0.737. The van der Waals surface area contributed by atoms with E-state index in [-0.39, 0.29) is 6.42 Å². The van der Waals surface area contributed by atoms with Crippen LogP contribution in [0.25, 0.3) is 0 Å². The summed E-state index contributed by atoms with van der Waals surface area (Å²) in [5.74, 6) is -0.737. The number of rotatable bonds is 8. The summed E-state index contributed by atoms with van der Waals surface area (Å²) < 4.78 is 4.94. The quantitative estimate of drug-likeness (QED) is 0.614. The summed E-state index contributed by atoms with van der Waals surface area (Å²) in [5, 5.41) is 8.50. The van der Waals surface area contributed by atoms with Gasteiger partial charge in [0.05, 0.1) is 13.0 Å². The average Bonchev–Trinajstić information content (AvgIpc) is 2.09. The molecule has 13 heavy (non-hydrogen) atoms.